The van der Waals surface area contributed by atoms with Crippen LogP contribution in [0.3, 0.4) is 0 Å². The molecule has 3 rings (SSSR count). The molecule has 0 unspecified atom stereocenters. The van der Waals surface area contributed by atoms with Gasteiger partial charge in [-0.3, -0.25) is 0 Å². The van der Waals surface area contributed by atoms with E-state index in [1.54, 1.807) is 56.3 Å². The van der Waals surface area contributed by atoms with Crippen LogP contribution in [0, 0.1) is 0 Å². The van der Waals surface area contributed by atoms with Gasteiger partial charge in [0.2, 0.25) is 0 Å². The molecule has 0 saturated carbocycles. The van der Waals surface area contributed by atoms with Crippen LogP contribution in [0.1, 0.15) is 40.1 Å². The van der Waals surface area contributed by atoms with Crippen molar-refractivity contribution >= 4 is 29.1 Å². The lowest BCUT2D eigenvalue weighted by Crippen LogP contribution is -2.12. The molecule has 3 aromatic rings. The number of benzene rings is 3. The molecule has 0 aliphatic heterocycles. The molecule has 35 heavy (non-hydrogen) atoms. The molecule has 3 aromatic carbocycles. The van der Waals surface area contributed by atoms with E-state index in [0.717, 1.165) is 16.7 Å². The minimum Gasteiger partial charge on any atom is -0.462 e. The second kappa shape index (κ2) is 12.0. The summed E-state index contributed by atoms with van der Waals surface area (Å²) in [6.07, 6.45) is 5.22. The fourth-order valence-corrected chi connectivity index (χ4v) is 4.08. The zero-order valence-electron chi connectivity index (χ0n) is 19.8. The molecule has 5 heteroatoms. The largest absolute Gasteiger partial charge is 0.462 e. The van der Waals surface area contributed by atoms with Crippen LogP contribution >= 0.6 is 11.6 Å². The average molecular weight is 487 g/mol. The molecule has 4 nitrogen and oxygen atoms in total. The fraction of sp³-hybridized carbons (Fsp3) is 0.133. The van der Waals surface area contributed by atoms with Gasteiger partial charge in [0.25, 0.3) is 0 Å². The van der Waals surface area contributed by atoms with Crippen molar-refractivity contribution in [3.63, 3.8) is 0 Å². The van der Waals surface area contributed by atoms with E-state index in [0.29, 0.717) is 32.8 Å². The van der Waals surface area contributed by atoms with E-state index in [2.05, 4.69) is 13.2 Å². The Morgan fingerprint density at radius 1 is 0.771 bits per heavy atom. The molecule has 0 atom stereocenters. The maximum atomic E-state index is 13.2. The summed E-state index contributed by atoms with van der Waals surface area (Å²) in [6.45, 7) is 11.6. The first-order valence-electron chi connectivity index (χ1n) is 11.3. The molecule has 178 valence electrons. The van der Waals surface area contributed by atoms with Gasteiger partial charge in [0.05, 0.1) is 24.3 Å². The van der Waals surface area contributed by atoms with E-state index in [9.17, 15) is 9.59 Å². The number of ether oxygens (including phenoxy) is 2. The highest BCUT2D eigenvalue weighted by molar-refractivity contribution is 6.33. The third-order valence-electron chi connectivity index (χ3n) is 5.36. The van der Waals surface area contributed by atoms with Crippen molar-refractivity contribution in [2.24, 2.45) is 0 Å². The van der Waals surface area contributed by atoms with Gasteiger partial charge in [-0.15, -0.1) is 0 Å². The van der Waals surface area contributed by atoms with Crippen LogP contribution in [0.25, 0.3) is 27.8 Å². The van der Waals surface area contributed by atoms with Gasteiger partial charge >= 0.3 is 11.9 Å². The van der Waals surface area contributed by atoms with Crippen LogP contribution in [-0.4, -0.2) is 25.2 Å². The summed E-state index contributed by atoms with van der Waals surface area (Å²) in [6, 6.07) is 18.1. The van der Waals surface area contributed by atoms with Gasteiger partial charge < -0.3 is 9.47 Å². The SMILES string of the molecule is C=C/C=C(\C=C)c1ccccc1-c1cc(C(=O)OCC)c(-c2ccccc2Cl)cc1C(=O)OCC. The lowest BCUT2D eigenvalue weighted by molar-refractivity contribution is 0.0513. The first-order chi connectivity index (χ1) is 17.0. The number of hydrogen-bond donors (Lipinski definition) is 0. The normalized spacial score (nSPS) is 11.0. The minimum absolute atomic E-state index is 0.203. The molecule has 0 spiro atoms. The van der Waals surface area contributed by atoms with Crippen LogP contribution in [-0.2, 0) is 9.47 Å². The first-order valence-corrected chi connectivity index (χ1v) is 11.7. The molecule has 0 aliphatic carbocycles. The third-order valence-corrected chi connectivity index (χ3v) is 5.69. The Kier molecular flexibility index (Phi) is 8.82. The molecule has 0 amide bonds. The quantitative estimate of drug-likeness (QED) is 0.229. The predicted octanol–water partition coefficient (Wildman–Crippen LogP) is 7.78. The van der Waals surface area contributed by atoms with Crippen LogP contribution in [0.15, 0.2) is 92.0 Å². The van der Waals surface area contributed by atoms with Gasteiger partial charge in [0.1, 0.15) is 0 Å². The second-order valence-corrected chi connectivity index (χ2v) is 7.88. The highest BCUT2D eigenvalue weighted by Crippen LogP contribution is 2.39. The average Bonchev–Trinajstić information content (AvgIpc) is 2.87. The highest BCUT2D eigenvalue weighted by atomic mass is 35.5. The predicted molar refractivity (Wildman–Crippen MR) is 143 cm³/mol. The van der Waals surface area contributed by atoms with Gasteiger partial charge in [0.15, 0.2) is 0 Å². The summed E-state index contributed by atoms with van der Waals surface area (Å²) in [5, 5.41) is 0.448. The third kappa shape index (κ3) is 5.61. The van der Waals surface area contributed by atoms with Gasteiger partial charge in [-0.05, 0) is 59.9 Å². The number of carbonyl (C=O) groups is 2. The van der Waals surface area contributed by atoms with Crippen molar-refractivity contribution in [2.45, 2.75) is 13.8 Å². The number of hydrogen-bond acceptors (Lipinski definition) is 4. The molecular formula is C30H27ClO4. The number of carbonyl (C=O) groups excluding carboxylic acids is 2. The van der Waals surface area contributed by atoms with E-state index in [4.69, 9.17) is 21.1 Å². The van der Waals surface area contributed by atoms with Gasteiger partial charge in [0, 0.05) is 10.6 Å². The summed E-state index contributed by atoms with van der Waals surface area (Å²) in [5.74, 6) is -1.02. The van der Waals surface area contributed by atoms with Gasteiger partial charge in [-0.25, -0.2) is 9.59 Å². The van der Waals surface area contributed by atoms with Crippen molar-refractivity contribution in [2.75, 3.05) is 13.2 Å². The van der Waals surface area contributed by atoms with E-state index in [1.807, 2.05) is 36.4 Å². The Labute approximate surface area is 211 Å². The molecule has 0 N–H and O–H groups in total. The van der Waals surface area contributed by atoms with E-state index >= 15 is 0 Å². The fourth-order valence-electron chi connectivity index (χ4n) is 3.84. The summed E-state index contributed by atoms with van der Waals surface area (Å²) in [7, 11) is 0. The van der Waals surface area contributed by atoms with E-state index in [1.165, 1.54) is 0 Å². The Morgan fingerprint density at radius 3 is 1.80 bits per heavy atom. The van der Waals surface area contributed by atoms with Crippen LogP contribution in [0.2, 0.25) is 5.02 Å². The minimum atomic E-state index is -0.512. The lowest BCUT2D eigenvalue weighted by Gasteiger charge is -2.18. The zero-order chi connectivity index (χ0) is 25.4. The van der Waals surface area contributed by atoms with E-state index in [-0.39, 0.29) is 13.2 Å². The second-order valence-electron chi connectivity index (χ2n) is 7.47. The van der Waals surface area contributed by atoms with Crippen LogP contribution in [0.4, 0.5) is 0 Å². The molecular weight excluding hydrogens is 460 g/mol. The molecule has 0 radical (unpaired) electrons. The van der Waals surface area contributed by atoms with Crippen molar-refractivity contribution in [1.82, 2.24) is 0 Å². The lowest BCUT2D eigenvalue weighted by atomic mass is 9.87. The molecule has 0 aromatic heterocycles. The summed E-state index contributed by atoms with van der Waals surface area (Å²) >= 11 is 6.49. The highest BCUT2D eigenvalue weighted by Gasteiger charge is 2.24. The van der Waals surface area contributed by atoms with Crippen molar-refractivity contribution in [1.29, 1.82) is 0 Å². The number of allylic oxidation sites excluding steroid dienone is 4. The summed E-state index contributed by atoms with van der Waals surface area (Å²) in [5.41, 5.74) is 4.63. The standard InChI is InChI=1S/C30H27ClO4/c1-5-13-20(6-2)21-14-9-10-15-22(21)24-18-27(30(33)35-8-4)25(19-26(24)29(32)34-7-3)23-16-11-12-17-28(23)31/h5-6,9-19H,1-2,7-8H2,3-4H3/b20-13+. The maximum absolute atomic E-state index is 13.2. The van der Waals surface area contributed by atoms with E-state index < -0.39 is 11.9 Å². The number of halogens is 1. The number of esters is 2. The molecule has 0 saturated heterocycles. The monoisotopic (exact) mass is 486 g/mol. The Morgan fingerprint density at radius 2 is 1.29 bits per heavy atom. The maximum Gasteiger partial charge on any atom is 0.338 e. The topological polar surface area (TPSA) is 52.6 Å². The Hall–Kier alpha value is -3.89. The zero-order valence-corrected chi connectivity index (χ0v) is 20.6. The Balaban J connectivity index is 2.43. The van der Waals surface area contributed by atoms with Crippen LogP contribution in [0.5, 0.6) is 0 Å². The van der Waals surface area contributed by atoms with Crippen molar-refractivity contribution in [3.8, 4) is 22.3 Å². The molecule has 0 bridgehead atoms. The van der Waals surface area contributed by atoms with Crippen LogP contribution < -0.4 is 0 Å². The molecule has 0 fully saturated rings. The van der Waals surface area contributed by atoms with Gasteiger partial charge in [-0.1, -0.05) is 85.5 Å². The molecule has 0 heterocycles. The van der Waals surface area contributed by atoms with Gasteiger partial charge in [-0.2, -0.15) is 0 Å². The number of rotatable bonds is 9. The molecule has 0 aliphatic rings. The summed E-state index contributed by atoms with van der Waals surface area (Å²) in [4.78, 5) is 26.3. The van der Waals surface area contributed by atoms with Crippen molar-refractivity contribution < 1.29 is 19.1 Å². The summed E-state index contributed by atoms with van der Waals surface area (Å²) < 4.78 is 10.8. The Bertz CT molecular complexity index is 1300. The van der Waals surface area contributed by atoms with Crippen molar-refractivity contribution in [3.05, 3.63) is 114 Å². The smallest absolute Gasteiger partial charge is 0.338 e. The first kappa shape index (κ1) is 25.7.